The molecule has 0 spiro atoms. The van der Waals surface area contributed by atoms with Gasteiger partial charge in [0.1, 0.15) is 18.1 Å². The van der Waals surface area contributed by atoms with Gasteiger partial charge in [0.25, 0.3) is 0 Å². The molecule has 0 bridgehead atoms. The Morgan fingerprint density at radius 1 is 1.00 bits per heavy atom. The number of aryl methyl sites for hydroxylation is 1. The molecule has 0 radical (unpaired) electrons. The van der Waals surface area contributed by atoms with Gasteiger partial charge in [0.15, 0.2) is 0 Å². The van der Waals surface area contributed by atoms with E-state index in [4.69, 9.17) is 0 Å². The maximum atomic E-state index is 14.1. The van der Waals surface area contributed by atoms with Crippen molar-refractivity contribution in [2.75, 3.05) is 11.4 Å². The molecule has 4 rings (SSSR count). The Kier molecular flexibility index (Phi) is 7.73. The monoisotopic (exact) mass is 484 g/mol. The molecule has 8 nitrogen and oxygen atoms in total. The summed E-state index contributed by atoms with van der Waals surface area (Å²) in [5.74, 6) is -0.0539. The Balaban J connectivity index is 1.79. The topological polar surface area (TPSA) is 93.0 Å². The van der Waals surface area contributed by atoms with E-state index in [9.17, 15) is 9.59 Å². The van der Waals surface area contributed by atoms with Crippen molar-refractivity contribution < 1.29 is 9.59 Å². The molecule has 0 saturated heterocycles. The van der Waals surface area contributed by atoms with Crippen LogP contribution in [-0.2, 0) is 16.1 Å². The fourth-order valence-corrected chi connectivity index (χ4v) is 4.20. The van der Waals surface area contributed by atoms with Crippen LogP contribution in [0.4, 0.5) is 5.69 Å². The van der Waals surface area contributed by atoms with Gasteiger partial charge >= 0.3 is 0 Å². The first-order valence-corrected chi connectivity index (χ1v) is 12.2. The molecule has 0 aliphatic heterocycles. The molecule has 0 unspecified atom stereocenters. The van der Waals surface area contributed by atoms with E-state index in [0.29, 0.717) is 29.2 Å². The summed E-state index contributed by atoms with van der Waals surface area (Å²) in [7, 11) is 0. The number of amides is 2. The maximum absolute atomic E-state index is 14.1. The predicted octanol–water partition coefficient (Wildman–Crippen LogP) is 4.38. The van der Waals surface area contributed by atoms with Crippen molar-refractivity contribution in [1.82, 2.24) is 25.3 Å². The molecular formula is C28H32N6O2. The number of rotatable bonds is 9. The summed E-state index contributed by atoms with van der Waals surface area (Å²) in [6.07, 6.45) is 4.12. The summed E-state index contributed by atoms with van der Waals surface area (Å²) in [4.78, 5) is 33.5. The molecule has 36 heavy (non-hydrogen) atoms. The van der Waals surface area contributed by atoms with Gasteiger partial charge in [-0.2, -0.15) is 0 Å². The molecular weight excluding hydrogens is 452 g/mol. The van der Waals surface area contributed by atoms with Crippen molar-refractivity contribution >= 4 is 28.5 Å². The van der Waals surface area contributed by atoms with Crippen LogP contribution in [0.2, 0.25) is 0 Å². The molecule has 2 amide bonds. The molecule has 1 atom stereocenters. The Labute approximate surface area is 211 Å². The molecule has 2 heterocycles. The molecule has 0 fully saturated rings. The third kappa shape index (κ3) is 5.43. The van der Waals surface area contributed by atoms with Crippen molar-refractivity contribution in [1.29, 1.82) is 0 Å². The number of carbonyl (C=O) groups is 2. The van der Waals surface area contributed by atoms with E-state index in [1.807, 2.05) is 56.3 Å². The van der Waals surface area contributed by atoms with Crippen LogP contribution >= 0.6 is 0 Å². The van der Waals surface area contributed by atoms with Gasteiger partial charge in [0.2, 0.25) is 11.8 Å². The molecule has 4 aromatic rings. The number of hydrogen-bond donors (Lipinski definition) is 1. The lowest BCUT2D eigenvalue weighted by Gasteiger charge is -2.33. The first-order chi connectivity index (χ1) is 17.4. The van der Waals surface area contributed by atoms with Crippen LogP contribution in [-0.4, -0.2) is 38.3 Å². The Bertz CT molecular complexity index is 1350. The standard InChI is InChI=1S/C28H32N6O2/c1-19(2)12-17-30-28(36)27(22-13-15-29-16-14-22)34(24-11-7-8-20(3)21(24)4)26(35)18-33-25-10-6-5-9-23(25)31-32-33/h5-11,13-16,19,27H,12,17-18H2,1-4H3,(H,30,36)/t27-/m0/s1. The number of carbonyl (C=O) groups excluding carboxylic acids is 2. The van der Waals surface area contributed by atoms with E-state index in [0.717, 1.165) is 23.1 Å². The number of benzene rings is 2. The molecule has 8 heteroatoms. The average molecular weight is 485 g/mol. The fraction of sp³-hybridized carbons (Fsp3) is 0.321. The van der Waals surface area contributed by atoms with E-state index < -0.39 is 6.04 Å². The number of fused-ring (bicyclic) bond motifs is 1. The molecule has 186 valence electrons. The van der Waals surface area contributed by atoms with Crippen LogP contribution in [0.25, 0.3) is 11.0 Å². The van der Waals surface area contributed by atoms with Crippen molar-refractivity contribution in [2.45, 2.75) is 46.7 Å². The molecule has 0 aliphatic rings. The summed E-state index contributed by atoms with van der Waals surface area (Å²) >= 11 is 0. The smallest absolute Gasteiger partial charge is 0.249 e. The highest BCUT2D eigenvalue weighted by atomic mass is 16.2. The third-order valence-corrected chi connectivity index (χ3v) is 6.36. The van der Waals surface area contributed by atoms with Crippen LogP contribution in [0.5, 0.6) is 0 Å². The van der Waals surface area contributed by atoms with Crippen LogP contribution in [0.3, 0.4) is 0 Å². The predicted molar refractivity (Wildman–Crippen MR) is 140 cm³/mol. The molecule has 2 aromatic carbocycles. The van der Waals surface area contributed by atoms with E-state index in [2.05, 4.69) is 34.5 Å². The van der Waals surface area contributed by atoms with Gasteiger partial charge in [-0.1, -0.05) is 43.3 Å². The lowest BCUT2D eigenvalue weighted by atomic mass is 10.0. The van der Waals surface area contributed by atoms with E-state index in [1.54, 1.807) is 34.1 Å². The number of para-hydroxylation sites is 1. The third-order valence-electron chi connectivity index (χ3n) is 6.36. The van der Waals surface area contributed by atoms with Gasteiger partial charge in [-0.05, 0) is 73.2 Å². The number of pyridine rings is 1. The summed E-state index contributed by atoms with van der Waals surface area (Å²) in [5, 5.41) is 11.4. The van der Waals surface area contributed by atoms with Crippen molar-refractivity contribution in [3.8, 4) is 0 Å². The minimum atomic E-state index is -0.872. The van der Waals surface area contributed by atoms with Gasteiger partial charge in [0, 0.05) is 24.6 Å². The minimum absolute atomic E-state index is 0.0608. The maximum Gasteiger partial charge on any atom is 0.249 e. The lowest BCUT2D eigenvalue weighted by Crippen LogP contribution is -2.46. The zero-order valence-corrected chi connectivity index (χ0v) is 21.2. The Morgan fingerprint density at radius 2 is 1.75 bits per heavy atom. The summed E-state index contributed by atoms with van der Waals surface area (Å²) < 4.78 is 1.58. The second-order valence-corrected chi connectivity index (χ2v) is 9.38. The van der Waals surface area contributed by atoms with Crippen molar-refractivity contribution in [3.05, 3.63) is 83.7 Å². The van der Waals surface area contributed by atoms with Crippen molar-refractivity contribution in [3.63, 3.8) is 0 Å². The van der Waals surface area contributed by atoms with Crippen LogP contribution in [0.1, 0.15) is 43.0 Å². The average Bonchev–Trinajstić information content (AvgIpc) is 3.27. The highest BCUT2D eigenvalue weighted by Crippen LogP contribution is 2.32. The Hall–Kier alpha value is -4.07. The largest absolute Gasteiger partial charge is 0.354 e. The number of nitrogens with one attached hydrogen (secondary N) is 1. The zero-order valence-electron chi connectivity index (χ0n) is 21.2. The minimum Gasteiger partial charge on any atom is -0.354 e. The number of hydrogen-bond acceptors (Lipinski definition) is 5. The van der Waals surface area contributed by atoms with Gasteiger partial charge in [-0.15, -0.1) is 5.10 Å². The molecule has 1 N–H and O–H groups in total. The summed E-state index contributed by atoms with van der Waals surface area (Å²) in [6, 6.07) is 16.0. The van der Waals surface area contributed by atoms with Gasteiger partial charge in [-0.25, -0.2) is 4.68 Å². The second-order valence-electron chi connectivity index (χ2n) is 9.38. The van der Waals surface area contributed by atoms with E-state index in [1.165, 1.54) is 0 Å². The summed E-state index contributed by atoms with van der Waals surface area (Å²) in [5.41, 5.74) is 4.80. The highest BCUT2D eigenvalue weighted by molar-refractivity contribution is 6.02. The SMILES string of the molecule is Cc1cccc(N(C(=O)Cn2nnc3ccccc32)[C@H](C(=O)NCCC(C)C)c2ccncc2)c1C. The van der Waals surface area contributed by atoms with Gasteiger partial charge < -0.3 is 5.32 Å². The molecule has 2 aromatic heterocycles. The molecule has 0 aliphatic carbocycles. The van der Waals surface area contributed by atoms with E-state index in [-0.39, 0.29) is 18.4 Å². The lowest BCUT2D eigenvalue weighted by molar-refractivity contribution is -0.127. The van der Waals surface area contributed by atoms with Gasteiger partial charge in [0.05, 0.1) is 5.52 Å². The summed E-state index contributed by atoms with van der Waals surface area (Å²) in [6.45, 7) is 8.66. The van der Waals surface area contributed by atoms with E-state index >= 15 is 0 Å². The van der Waals surface area contributed by atoms with Crippen LogP contribution in [0, 0.1) is 19.8 Å². The zero-order chi connectivity index (χ0) is 25.7. The normalized spacial score (nSPS) is 12.0. The van der Waals surface area contributed by atoms with Gasteiger partial charge in [-0.3, -0.25) is 19.5 Å². The Morgan fingerprint density at radius 3 is 2.50 bits per heavy atom. The second kappa shape index (κ2) is 11.1. The number of anilines is 1. The number of nitrogens with zero attached hydrogens (tertiary/aromatic N) is 5. The fourth-order valence-electron chi connectivity index (χ4n) is 4.20. The first kappa shape index (κ1) is 25.0. The highest BCUT2D eigenvalue weighted by Gasteiger charge is 2.34. The van der Waals surface area contributed by atoms with Crippen LogP contribution in [0.15, 0.2) is 67.0 Å². The molecule has 0 saturated carbocycles. The number of aromatic nitrogens is 4. The first-order valence-electron chi connectivity index (χ1n) is 12.2. The van der Waals surface area contributed by atoms with Crippen LogP contribution < -0.4 is 10.2 Å². The van der Waals surface area contributed by atoms with Crippen molar-refractivity contribution in [2.24, 2.45) is 5.92 Å². The quantitative estimate of drug-likeness (QED) is 0.381.